The second-order valence-electron chi connectivity index (χ2n) is 6.08. The van der Waals surface area contributed by atoms with Gasteiger partial charge in [0.1, 0.15) is 0 Å². The Morgan fingerprint density at radius 3 is 2.76 bits per heavy atom. The molecular weight excluding hydrogens is 334 g/mol. The smallest absolute Gasteiger partial charge is 0.233 e. The largest absolute Gasteiger partial charge is 0.361 e. The van der Waals surface area contributed by atoms with Crippen LogP contribution in [0, 0.1) is 0 Å². The van der Waals surface area contributed by atoms with Crippen molar-refractivity contribution in [3.05, 3.63) is 70.9 Å². The van der Waals surface area contributed by atoms with E-state index in [1.54, 1.807) is 0 Å². The molecule has 3 rings (SSSR count). The molecule has 0 aliphatic carbocycles. The SMILES string of the molecule is C[C@@H](NCC(=O)NCCc1c[nH]c2ccccc12)c1ccccc1Cl. The van der Waals surface area contributed by atoms with Gasteiger partial charge in [-0.2, -0.15) is 0 Å². The first-order valence-corrected chi connectivity index (χ1v) is 8.82. The Morgan fingerprint density at radius 2 is 1.92 bits per heavy atom. The minimum atomic E-state index is -0.0151. The molecule has 0 aliphatic heterocycles. The lowest BCUT2D eigenvalue weighted by Gasteiger charge is -2.15. The Bertz CT molecular complexity index is 859. The average Bonchev–Trinajstić information content (AvgIpc) is 3.03. The topological polar surface area (TPSA) is 56.9 Å². The molecule has 1 aromatic heterocycles. The molecule has 0 radical (unpaired) electrons. The van der Waals surface area contributed by atoms with Crippen molar-refractivity contribution in [2.24, 2.45) is 0 Å². The van der Waals surface area contributed by atoms with Crippen LogP contribution in [0.25, 0.3) is 10.9 Å². The summed E-state index contributed by atoms with van der Waals surface area (Å²) >= 11 is 6.18. The molecule has 1 heterocycles. The Balaban J connectivity index is 1.45. The summed E-state index contributed by atoms with van der Waals surface area (Å²) in [4.78, 5) is 15.3. The molecule has 2 aromatic carbocycles. The highest BCUT2D eigenvalue weighted by Crippen LogP contribution is 2.21. The van der Waals surface area contributed by atoms with Crippen molar-refractivity contribution in [2.75, 3.05) is 13.1 Å². The second kappa shape index (κ2) is 8.19. The highest BCUT2D eigenvalue weighted by Gasteiger charge is 2.10. The van der Waals surface area contributed by atoms with E-state index in [0.29, 0.717) is 11.6 Å². The van der Waals surface area contributed by atoms with Crippen molar-refractivity contribution >= 4 is 28.4 Å². The van der Waals surface area contributed by atoms with E-state index in [1.165, 1.54) is 10.9 Å². The molecule has 0 saturated heterocycles. The molecule has 1 amide bonds. The number of H-pyrrole nitrogens is 1. The molecule has 3 N–H and O–H groups in total. The van der Waals surface area contributed by atoms with Crippen LogP contribution in [-0.4, -0.2) is 24.0 Å². The van der Waals surface area contributed by atoms with Gasteiger partial charge in [0.2, 0.25) is 5.91 Å². The van der Waals surface area contributed by atoms with Crippen molar-refractivity contribution in [3.63, 3.8) is 0 Å². The van der Waals surface area contributed by atoms with Crippen LogP contribution in [0.2, 0.25) is 5.02 Å². The van der Waals surface area contributed by atoms with Gasteiger partial charge in [0.05, 0.1) is 6.54 Å². The molecule has 25 heavy (non-hydrogen) atoms. The molecule has 0 unspecified atom stereocenters. The van der Waals surface area contributed by atoms with E-state index < -0.39 is 0 Å². The fourth-order valence-electron chi connectivity index (χ4n) is 2.92. The molecule has 1 atom stereocenters. The van der Waals surface area contributed by atoms with Gasteiger partial charge >= 0.3 is 0 Å². The summed E-state index contributed by atoms with van der Waals surface area (Å²) < 4.78 is 0. The number of para-hydroxylation sites is 1. The first-order valence-electron chi connectivity index (χ1n) is 8.44. The molecule has 0 spiro atoms. The molecule has 0 fully saturated rings. The van der Waals surface area contributed by atoms with Crippen molar-refractivity contribution in [1.29, 1.82) is 0 Å². The minimum absolute atomic E-state index is 0.0151. The molecule has 5 heteroatoms. The summed E-state index contributed by atoms with van der Waals surface area (Å²) in [5.41, 5.74) is 3.34. The third-order valence-electron chi connectivity index (χ3n) is 4.33. The number of rotatable bonds is 7. The van der Waals surface area contributed by atoms with Crippen LogP contribution in [0.3, 0.4) is 0 Å². The summed E-state index contributed by atoms with van der Waals surface area (Å²) in [6.07, 6.45) is 2.81. The predicted octanol–water partition coefficient (Wildman–Crippen LogP) is 3.83. The number of halogens is 1. The van der Waals surface area contributed by atoms with E-state index in [2.05, 4.69) is 27.8 Å². The number of aromatic nitrogens is 1. The number of nitrogens with one attached hydrogen (secondary N) is 3. The van der Waals surface area contributed by atoms with E-state index in [9.17, 15) is 4.79 Å². The molecule has 3 aromatic rings. The zero-order valence-corrected chi connectivity index (χ0v) is 14.9. The lowest BCUT2D eigenvalue weighted by molar-refractivity contribution is -0.120. The fourth-order valence-corrected chi connectivity index (χ4v) is 3.22. The lowest BCUT2D eigenvalue weighted by atomic mass is 10.1. The van der Waals surface area contributed by atoms with E-state index in [-0.39, 0.29) is 18.5 Å². The Morgan fingerprint density at radius 1 is 1.16 bits per heavy atom. The van der Waals surface area contributed by atoms with Crippen molar-refractivity contribution in [3.8, 4) is 0 Å². The Kier molecular flexibility index (Phi) is 5.74. The number of fused-ring (bicyclic) bond motifs is 1. The van der Waals surface area contributed by atoms with E-state index in [1.807, 2.05) is 49.5 Å². The maximum atomic E-state index is 12.0. The molecule has 0 aliphatic rings. The van der Waals surface area contributed by atoms with Crippen LogP contribution in [0.5, 0.6) is 0 Å². The van der Waals surface area contributed by atoms with Gasteiger partial charge < -0.3 is 15.6 Å². The monoisotopic (exact) mass is 355 g/mol. The normalized spacial score (nSPS) is 12.2. The van der Waals surface area contributed by atoms with Crippen LogP contribution < -0.4 is 10.6 Å². The molecule has 130 valence electrons. The third-order valence-corrected chi connectivity index (χ3v) is 4.68. The van der Waals surface area contributed by atoms with Crippen LogP contribution in [0.4, 0.5) is 0 Å². The zero-order valence-electron chi connectivity index (χ0n) is 14.2. The number of hydrogen-bond donors (Lipinski definition) is 3. The fraction of sp³-hybridized carbons (Fsp3) is 0.250. The predicted molar refractivity (Wildman–Crippen MR) is 103 cm³/mol. The molecule has 0 saturated carbocycles. The van der Waals surface area contributed by atoms with Gasteiger partial charge in [-0.1, -0.05) is 48.0 Å². The highest BCUT2D eigenvalue weighted by molar-refractivity contribution is 6.31. The van der Waals surface area contributed by atoms with Crippen LogP contribution in [0.1, 0.15) is 24.1 Å². The minimum Gasteiger partial charge on any atom is -0.361 e. The first-order chi connectivity index (χ1) is 12.1. The van der Waals surface area contributed by atoms with Crippen molar-refractivity contribution in [1.82, 2.24) is 15.6 Å². The standard InChI is InChI=1S/C20H22ClN3O/c1-14(16-6-2-4-8-18(16)21)23-13-20(25)22-11-10-15-12-24-19-9-5-3-7-17(15)19/h2-9,12,14,23-24H,10-11,13H2,1H3,(H,22,25)/t14-/m1/s1. The second-order valence-corrected chi connectivity index (χ2v) is 6.49. The Labute approximate surface area is 152 Å². The summed E-state index contributed by atoms with van der Waals surface area (Å²) in [6.45, 7) is 2.88. The first kappa shape index (κ1) is 17.5. The number of hydrogen-bond acceptors (Lipinski definition) is 2. The van der Waals surface area contributed by atoms with E-state index in [4.69, 9.17) is 11.6 Å². The number of carbonyl (C=O) groups is 1. The van der Waals surface area contributed by atoms with Crippen molar-refractivity contribution < 1.29 is 4.79 Å². The maximum absolute atomic E-state index is 12.0. The van der Waals surface area contributed by atoms with E-state index in [0.717, 1.165) is 17.5 Å². The summed E-state index contributed by atoms with van der Waals surface area (Å²) in [7, 11) is 0. The lowest BCUT2D eigenvalue weighted by Crippen LogP contribution is -2.36. The third kappa shape index (κ3) is 4.41. The Hall–Kier alpha value is -2.30. The van der Waals surface area contributed by atoms with E-state index >= 15 is 0 Å². The van der Waals surface area contributed by atoms with Gasteiger partial charge in [0.15, 0.2) is 0 Å². The molecule has 4 nitrogen and oxygen atoms in total. The summed E-state index contributed by atoms with van der Waals surface area (Å²) in [6, 6.07) is 15.9. The molecule has 0 bridgehead atoms. The summed E-state index contributed by atoms with van der Waals surface area (Å²) in [5.74, 6) is -0.0151. The number of benzene rings is 2. The zero-order chi connectivity index (χ0) is 17.6. The van der Waals surface area contributed by atoms with Gasteiger partial charge in [0.25, 0.3) is 0 Å². The van der Waals surface area contributed by atoms with Gasteiger partial charge in [-0.15, -0.1) is 0 Å². The van der Waals surface area contributed by atoms with Gasteiger partial charge in [-0.05, 0) is 36.6 Å². The highest BCUT2D eigenvalue weighted by atomic mass is 35.5. The average molecular weight is 356 g/mol. The number of amides is 1. The van der Waals surface area contributed by atoms with Gasteiger partial charge in [0, 0.05) is 34.7 Å². The van der Waals surface area contributed by atoms with Gasteiger partial charge in [-0.3, -0.25) is 4.79 Å². The maximum Gasteiger partial charge on any atom is 0.233 e. The molecular formula is C20H22ClN3O. The van der Waals surface area contributed by atoms with Crippen molar-refractivity contribution in [2.45, 2.75) is 19.4 Å². The van der Waals surface area contributed by atoms with Crippen LogP contribution in [-0.2, 0) is 11.2 Å². The summed E-state index contributed by atoms with van der Waals surface area (Å²) in [5, 5.41) is 8.09. The quantitative estimate of drug-likeness (QED) is 0.603. The van der Waals surface area contributed by atoms with Gasteiger partial charge in [-0.25, -0.2) is 0 Å². The van der Waals surface area contributed by atoms with Crippen LogP contribution in [0.15, 0.2) is 54.7 Å². The van der Waals surface area contributed by atoms with Crippen LogP contribution >= 0.6 is 11.6 Å². The number of aromatic amines is 1. The number of carbonyl (C=O) groups excluding carboxylic acids is 1.